The van der Waals surface area contributed by atoms with Gasteiger partial charge in [-0.15, -0.1) is 0 Å². The highest BCUT2D eigenvalue weighted by Crippen LogP contribution is 2.12. The Hall–Kier alpha value is -1.71. The molecule has 0 atom stereocenters. The number of benzene rings is 1. The van der Waals surface area contributed by atoms with Crippen molar-refractivity contribution >= 4 is 11.7 Å². The molecule has 4 heteroatoms. The van der Waals surface area contributed by atoms with Crippen LogP contribution in [0.5, 0.6) is 0 Å². The van der Waals surface area contributed by atoms with E-state index in [1.807, 2.05) is 0 Å². The number of amides is 1. The Morgan fingerprint density at radius 2 is 2.12 bits per heavy atom. The lowest BCUT2D eigenvalue weighted by atomic mass is 10.1. The largest absolute Gasteiger partial charge is 0.335 e. The van der Waals surface area contributed by atoms with Crippen LogP contribution in [0.2, 0.25) is 0 Å². The molecule has 16 heavy (non-hydrogen) atoms. The van der Waals surface area contributed by atoms with Crippen LogP contribution in [-0.4, -0.2) is 29.7 Å². The first-order valence-electron chi connectivity index (χ1n) is 5.24. The number of halogens is 1. The van der Waals surface area contributed by atoms with Gasteiger partial charge < -0.3 is 4.90 Å². The van der Waals surface area contributed by atoms with Crippen LogP contribution in [0.15, 0.2) is 24.3 Å². The summed E-state index contributed by atoms with van der Waals surface area (Å²) in [6, 6.07) is 5.84. The maximum atomic E-state index is 13.3. The second-order valence-electron chi connectivity index (χ2n) is 3.82. The lowest BCUT2D eigenvalue weighted by Crippen LogP contribution is -2.31. The van der Waals surface area contributed by atoms with Crippen LogP contribution in [0.25, 0.3) is 0 Å². The van der Waals surface area contributed by atoms with Crippen LogP contribution in [-0.2, 0) is 4.79 Å². The third kappa shape index (κ3) is 2.10. The third-order valence-electron chi connectivity index (χ3n) is 2.68. The van der Waals surface area contributed by atoms with Gasteiger partial charge in [-0.1, -0.05) is 12.1 Å². The van der Waals surface area contributed by atoms with E-state index in [1.54, 1.807) is 6.07 Å². The van der Waals surface area contributed by atoms with Gasteiger partial charge in [0.1, 0.15) is 5.82 Å². The van der Waals surface area contributed by atoms with Gasteiger partial charge in [0.25, 0.3) is 0 Å². The number of likely N-dealkylation sites (tertiary alicyclic amines) is 1. The fourth-order valence-electron chi connectivity index (χ4n) is 1.82. The van der Waals surface area contributed by atoms with Gasteiger partial charge >= 0.3 is 0 Å². The van der Waals surface area contributed by atoms with Crippen molar-refractivity contribution in [3.8, 4) is 0 Å². The highest BCUT2D eigenvalue weighted by Gasteiger charge is 2.23. The average molecular weight is 221 g/mol. The van der Waals surface area contributed by atoms with Crippen molar-refractivity contribution in [1.29, 1.82) is 0 Å². The average Bonchev–Trinajstić information content (AvgIpc) is 2.65. The molecule has 0 unspecified atom stereocenters. The van der Waals surface area contributed by atoms with Gasteiger partial charge in [-0.25, -0.2) is 4.39 Å². The first-order chi connectivity index (χ1) is 7.68. The van der Waals surface area contributed by atoms with Crippen molar-refractivity contribution in [2.24, 2.45) is 0 Å². The number of carbonyl (C=O) groups excluding carboxylic acids is 2. The molecule has 0 spiro atoms. The minimum absolute atomic E-state index is 0.0141. The number of rotatable bonds is 3. The monoisotopic (exact) mass is 221 g/mol. The summed E-state index contributed by atoms with van der Waals surface area (Å²) in [5.41, 5.74) is 0.0576. The summed E-state index contributed by atoms with van der Waals surface area (Å²) in [6.07, 6.45) is 1.27. The zero-order chi connectivity index (χ0) is 11.5. The summed E-state index contributed by atoms with van der Waals surface area (Å²) >= 11 is 0. The molecule has 0 N–H and O–H groups in total. The maximum absolute atomic E-state index is 13.3. The van der Waals surface area contributed by atoms with Crippen molar-refractivity contribution in [2.75, 3.05) is 13.1 Å². The molecule has 1 aromatic carbocycles. The van der Waals surface area contributed by atoms with E-state index in [0.29, 0.717) is 13.0 Å². The Balaban J connectivity index is 2.09. The summed E-state index contributed by atoms with van der Waals surface area (Å²) in [5, 5.41) is 0. The SMILES string of the molecule is O=C(CN1CCCC1=O)c1ccccc1F. The molecule has 2 rings (SSSR count). The standard InChI is InChI=1S/C12H12FNO2/c13-10-5-2-1-4-9(10)11(15)8-14-7-3-6-12(14)16/h1-2,4-5H,3,6-8H2. The first kappa shape index (κ1) is 10.8. The van der Waals surface area contributed by atoms with Gasteiger partial charge in [0.15, 0.2) is 5.78 Å². The molecule has 1 aliphatic heterocycles. The van der Waals surface area contributed by atoms with E-state index in [4.69, 9.17) is 0 Å². The molecule has 0 bridgehead atoms. The number of carbonyl (C=O) groups is 2. The Labute approximate surface area is 92.9 Å². The normalized spacial score (nSPS) is 15.6. The van der Waals surface area contributed by atoms with Gasteiger partial charge in [-0.3, -0.25) is 9.59 Å². The molecule has 0 aromatic heterocycles. The van der Waals surface area contributed by atoms with Crippen LogP contribution < -0.4 is 0 Å². The van der Waals surface area contributed by atoms with Crippen molar-refractivity contribution in [1.82, 2.24) is 4.90 Å². The lowest BCUT2D eigenvalue weighted by Gasteiger charge is -2.14. The fraction of sp³-hybridized carbons (Fsp3) is 0.333. The molecular weight excluding hydrogens is 209 g/mol. The first-order valence-corrected chi connectivity index (χ1v) is 5.24. The summed E-state index contributed by atoms with van der Waals surface area (Å²) < 4.78 is 13.3. The number of hydrogen-bond donors (Lipinski definition) is 0. The summed E-state index contributed by atoms with van der Waals surface area (Å²) in [5.74, 6) is -0.891. The van der Waals surface area contributed by atoms with Crippen molar-refractivity contribution < 1.29 is 14.0 Å². The van der Waals surface area contributed by atoms with Crippen LogP contribution in [0.1, 0.15) is 23.2 Å². The van der Waals surface area contributed by atoms with Gasteiger partial charge in [0, 0.05) is 13.0 Å². The number of Topliss-reactive ketones (excluding diaryl/α,β-unsaturated/α-hetero) is 1. The van der Waals surface area contributed by atoms with E-state index in [0.717, 1.165) is 6.42 Å². The number of hydrogen-bond acceptors (Lipinski definition) is 2. The topological polar surface area (TPSA) is 37.4 Å². The van der Waals surface area contributed by atoms with E-state index < -0.39 is 5.82 Å². The number of nitrogens with zero attached hydrogens (tertiary/aromatic N) is 1. The van der Waals surface area contributed by atoms with Crippen molar-refractivity contribution in [3.05, 3.63) is 35.6 Å². The Morgan fingerprint density at radius 1 is 1.38 bits per heavy atom. The predicted molar refractivity (Wildman–Crippen MR) is 56.5 cm³/mol. The van der Waals surface area contributed by atoms with Crippen LogP contribution >= 0.6 is 0 Å². The smallest absolute Gasteiger partial charge is 0.223 e. The molecule has 1 aliphatic rings. The van der Waals surface area contributed by atoms with E-state index in [2.05, 4.69) is 0 Å². The van der Waals surface area contributed by atoms with E-state index in [-0.39, 0.29) is 23.8 Å². The summed E-state index contributed by atoms with van der Waals surface area (Å²) in [4.78, 5) is 24.5. The molecule has 3 nitrogen and oxygen atoms in total. The second kappa shape index (κ2) is 4.43. The minimum atomic E-state index is -0.529. The third-order valence-corrected chi connectivity index (χ3v) is 2.68. The molecule has 1 heterocycles. The lowest BCUT2D eigenvalue weighted by molar-refractivity contribution is -0.127. The molecule has 0 saturated carbocycles. The molecule has 0 aliphatic carbocycles. The maximum Gasteiger partial charge on any atom is 0.223 e. The molecule has 84 valence electrons. The van der Waals surface area contributed by atoms with Crippen molar-refractivity contribution in [2.45, 2.75) is 12.8 Å². The summed E-state index contributed by atoms with van der Waals surface area (Å²) in [7, 11) is 0. The Kier molecular flexibility index (Phi) is 2.99. The molecule has 1 saturated heterocycles. The van der Waals surface area contributed by atoms with Crippen LogP contribution in [0, 0.1) is 5.82 Å². The molecular formula is C12H12FNO2. The van der Waals surface area contributed by atoms with Crippen LogP contribution in [0.3, 0.4) is 0 Å². The zero-order valence-electron chi connectivity index (χ0n) is 8.78. The summed E-state index contributed by atoms with van der Waals surface area (Å²) in [6.45, 7) is 0.582. The predicted octanol–water partition coefficient (Wildman–Crippen LogP) is 1.63. The Bertz CT molecular complexity index is 431. The second-order valence-corrected chi connectivity index (χ2v) is 3.82. The fourth-order valence-corrected chi connectivity index (χ4v) is 1.82. The zero-order valence-corrected chi connectivity index (χ0v) is 8.78. The highest BCUT2D eigenvalue weighted by molar-refractivity contribution is 5.99. The van der Waals surface area contributed by atoms with E-state index >= 15 is 0 Å². The highest BCUT2D eigenvalue weighted by atomic mass is 19.1. The van der Waals surface area contributed by atoms with Gasteiger partial charge in [0.2, 0.25) is 5.91 Å². The molecule has 1 fully saturated rings. The van der Waals surface area contributed by atoms with Crippen LogP contribution in [0.4, 0.5) is 4.39 Å². The molecule has 1 amide bonds. The van der Waals surface area contributed by atoms with Gasteiger partial charge in [-0.2, -0.15) is 0 Å². The minimum Gasteiger partial charge on any atom is -0.335 e. The quantitative estimate of drug-likeness (QED) is 0.727. The Morgan fingerprint density at radius 3 is 2.75 bits per heavy atom. The van der Waals surface area contributed by atoms with Crippen molar-refractivity contribution in [3.63, 3.8) is 0 Å². The molecule has 0 radical (unpaired) electrons. The van der Waals surface area contributed by atoms with E-state index in [1.165, 1.54) is 23.1 Å². The van der Waals surface area contributed by atoms with Gasteiger partial charge in [-0.05, 0) is 18.6 Å². The van der Waals surface area contributed by atoms with E-state index in [9.17, 15) is 14.0 Å². The van der Waals surface area contributed by atoms with Gasteiger partial charge in [0.05, 0.1) is 12.1 Å². The number of ketones is 1. The molecule has 1 aromatic rings.